The summed E-state index contributed by atoms with van der Waals surface area (Å²) in [6, 6.07) is -0.148. The lowest BCUT2D eigenvalue weighted by atomic mass is 9.85. The molecule has 168 valence electrons. The van der Waals surface area contributed by atoms with Crippen molar-refractivity contribution < 1.29 is 22.5 Å². The number of piperidine rings is 1. The predicted octanol–water partition coefficient (Wildman–Crippen LogP) is 0.770. The molecule has 3 aliphatic rings. The second kappa shape index (κ2) is 9.29. The van der Waals surface area contributed by atoms with Crippen LogP contribution in [-0.4, -0.2) is 90.0 Å². The maximum Gasteiger partial charge on any atom is 0.282 e. The summed E-state index contributed by atoms with van der Waals surface area (Å²) in [6.45, 7) is 4.38. The number of amides is 1. The monoisotopic (exact) mass is 441 g/mol. The molecule has 2 aliphatic heterocycles. The molecule has 1 aliphatic carbocycles. The Balaban J connectivity index is 1.38. The van der Waals surface area contributed by atoms with Crippen LogP contribution in [0.3, 0.4) is 0 Å². The fourth-order valence-corrected chi connectivity index (χ4v) is 5.99. The van der Waals surface area contributed by atoms with Crippen LogP contribution in [0.25, 0.3) is 0 Å². The number of morpholine rings is 1. The molecule has 3 heterocycles. The lowest BCUT2D eigenvalue weighted by Crippen LogP contribution is -2.56. The molecule has 0 spiro atoms. The first kappa shape index (κ1) is 21.7. The topological polar surface area (TPSA) is 109 Å². The standard InChI is InChI=1S/C19H31N5O5S/c1-15(25)24(9-7-18-20-19(29-21-18)16-4-2-5-16)17-6-3-8-23(14-17)30(26,27)22-10-12-28-13-11-22/h16-17H,2-14H2,1H3. The highest BCUT2D eigenvalue weighted by atomic mass is 32.2. The third kappa shape index (κ3) is 4.68. The smallest absolute Gasteiger partial charge is 0.282 e. The van der Waals surface area contributed by atoms with Crippen molar-refractivity contribution in [2.24, 2.45) is 0 Å². The number of nitrogens with zero attached hydrogens (tertiary/aromatic N) is 5. The number of carbonyl (C=O) groups is 1. The van der Waals surface area contributed by atoms with Crippen molar-refractivity contribution in [1.29, 1.82) is 0 Å². The Bertz CT molecular complexity index is 834. The van der Waals surface area contributed by atoms with Crippen molar-refractivity contribution in [1.82, 2.24) is 23.7 Å². The second-order valence-electron chi connectivity index (χ2n) is 8.31. The Morgan fingerprint density at radius 3 is 2.57 bits per heavy atom. The Morgan fingerprint density at radius 1 is 1.13 bits per heavy atom. The van der Waals surface area contributed by atoms with Gasteiger partial charge in [0.25, 0.3) is 10.2 Å². The molecular formula is C19H31N5O5S. The molecule has 0 N–H and O–H groups in total. The lowest BCUT2D eigenvalue weighted by molar-refractivity contribution is -0.131. The van der Waals surface area contributed by atoms with Crippen LogP contribution in [-0.2, 0) is 26.2 Å². The van der Waals surface area contributed by atoms with Crippen LogP contribution in [0.4, 0.5) is 0 Å². The van der Waals surface area contributed by atoms with E-state index in [0.717, 1.165) is 25.7 Å². The van der Waals surface area contributed by atoms with Gasteiger partial charge in [-0.1, -0.05) is 11.6 Å². The summed E-state index contributed by atoms with van der Waals surface area (Å²) in [5, 5.41) is 4.06. The van der Waals surface area contributed by atoms with E-state index >= 15 is 0 Å². The average molecular weight is 442 g/mol. The average Bonchev–Trinajstić information content (AvgIpc) is 3.15. The summed E-state index contributed by atoms with van der Waals surface area (Å²) < 4.78 is 39.7. The van der Waals surface area contributed by atoms with Gasteiger partial charge in [-0.15, -0.1) is 0 Å². The molecule has 1 aromatic rings. The first-order valence-corrected chi connectivity index (χ1v) is 12.3. The summed E-state index contributed by atoms with van der Waals surface area (Å²) in [7, 11) is -3.54. The highest BCUT2D eigenvalue weighted by molar-refractivity contribution is 7.86. The molecule has 4 rings (SSSR count). The van der Waals surface area contributed by atoms with E-state index in [0.29, 0.717) is 70.0 Å². The van der Waals surface area contributed by atoms with Gasteiger partial charge >= 0.3 is 0 Å². The van der Waals surface area contributed by atoms with Gasteiger partial charge in [-0.05, 0) is 25.7 Å². The van der Waals surface area contributed by atoms with E-state index in [9.17, 15) is 13.2 Å². The van der Waals surface area contributed by atoms with E-state index in [1.54, 1.807) is 4.90 Å². The van der Waals surface area contributed by atoms with Crippen LogP contribution in [0.5, 0.6) is 0 Å². The van der Waals surface area contributed by atoms with Gasteiger partial charge in [0, 0.05) is 58.0 Å². The molecule has 1 saturated carbocycles. The quantitative estimate of drug-likeness (QED) is 0.615. The molecule has 30 heavy (non-hydrogen) atoms. The molecule has 0 aromatic carbocycles. The molecular weight excluding hydrogens is 410 g/mol. The Labute approximate surface area is 177 Å². The SMILES string of the molecule is CC(=O)N(CCc1noc(C2CCC2)n1)C1CCCN(S(=O)(=O)N2CCOCC2)C1. The molecule has 1 unspecified atom stereocenters. The van der Waals surface area contributed by atoms with E-state index in [1.165, 1.54) is 22.0 Å². The zero-order chi connectivity index (χ0) is 21.1. The fourth-order valence-electron chi connectivity index (χ4n) is 4.33. The molecule has 0 bridgehead atoms. The van der Waals surface area contributed by atoms with Crippen LogP contribution in [0.15, 0.2) is 4.52 Å². The van der Waals surface area contributed by atoms with Crippen molar-refractivity contribution in [3.63, 3.8) is 0 Å². The van der Waals surface area contributed by atoms with Crippen molar-refractivity contribution in [2.45, 2.75) is 57.4 Å². The minimum Gasteiger partial charge on any atom is -0.379 e. The van der Waals surface area contributed by atoms with Crippen molar-refractivity contribution in [3.8, 4) is 0 Å². The molecule has 11 heteroatoms. The number of carbonyl (C=O) groups excluding carboxylic acids is 1. The van der Waals surface area contributed by atoms with Crippen LogP contribution in [0, 0.1) is 0 Å². The minimum atomic E-state index is -3.54. The van der Waals surface area contributed by atoms with Crippen molar-refractivity contribution in [3.05, 3.63) is 11.7 Å². The highest BCUT2D eigenvalue weighted by Gasteiger charge is 2.36. The molecule has 2 saturated heterocycles. The Kier molecular flexibility index (Phi) is 6.71. The van der Waals surface area contributed by atoms with Crippen molar-refractivity contribution in [2.75, 3.05) is 45.9 Å². The minimum absolute atomic E-state index is 0.0617. The first-order valence-electron chi connectivity index (χ1n) is 10.9. The van der Waals surface area contributed by atoms with Gasteiger partial charge in [0.1, 0.15) is 0 Å². The van der Waals surface area contributed by atoms with E-state index in [-0.39, 0.29) is 11.9 Å². The normalized spacial score (nSPS) is 24.5. The molecule has 3 fully saturated rings. The van der Waals surface area contributed by atoms with Gasteiger partial charge < -0.3 is 14.2 Å². The van der Waals surface area contributed by atoms with Crippen LogP contribution in [0.1, 0.15) is 56.7 Å². The van der Waals surface area contributed by atoms with E-state index in [2.05, 4.69) is 10.1 Å². The van der Waals surface area contributed by atoms with E-state index < -0.39 is 10.2 Å². The van der Waals surface area contributed by atoms with Gasteiger partial charge in [-0.3, -0.25) is 4.79 Å². The lowest BCUT2D eigenvalue weighted by Gasteiger charge is -2.40. The zero-order valence-corrected chi connectivity index (χ0v) is 18.3. The molecule has 1 amide bonds. The van der Waals surface area contributed by atoms with E-state index in [1.807, 2.05) is 0 Å². The number of hydrogen-bond donors (Lipinski definition) is 0. The number of ether oxygens (including phenoxy) is 1. The molecule has 1 atom stereocenters. The van der Waals surface area contributed by atoms with E-state index in [4.69, 9.17) is 9.26 Å². The number of rotatable bonds is 7. The third-order valence-corrected chi connectivity index (χ3v) is 8.34. The molecule has 10 nitrogen and oxygen atoms in total. The Morgan fingerprint density at radius 2 is 1.90 bits per heavy atom. The van der Waals surface area contributed by atoms with Gasteiger partial charge in [-0.25, -0.2) is 0 Å². The highest BCUT2D eigenvalue weighted by Crippen LogP contribution is 2.35. The molecule has 1 aromatic heterocycles. The maximum atomic E-state index is 13.0. The number of aromatic nitrogens is 2. The van der Waals surface area contributed by atoms with Crippen LogP contribution < -0.4 is 0 Å². The van der Waals surface area contributed by atoms with Crippen LogP contribution in [0.2, 0.25) is 0 Å². The molecule has 0 radical (unpaired) electrons. The van der Waals surface area contributed by atoms with Gasteiger partial charge in [0.05, 0.1) is 13.2 Å². The fraction of sp³-hybridized carbons (Fsp3) is 0.842. The summed E-state index contributed by atoms with van der Waals surface area (Å²) >= 11 is 0. The van der Waals surface area contributed by atoms with Gasteiger partial charge in [0.2, 0.25) is 11.8 Å². The summed E-state index contributed by atoms with van der Waals surface area (Å²) in [5.74, 6) is 1.63. The number of hydrogen-bond acceptors (Lipinski definition) is 7. The van der Waals surface area contributed by atoms with Gasteiger partial charge in [0.15, 0.2) is 5.82 Å². The third-order valence-electron chi connectivity index (χ3n) is 6.34. The Hall–Kier alpha value is -1.56. The van der Waals surface area contributed by atoms with Crippen molar-refractivity contribution >= 4 is 16.1 Å². The maximum absolute atomic E-state index is 13.0. The van der Waals surface area contributed by atoms with Crippen LogP contribution >= 0.6 is 0 Å². The second-order valence-corrected chi connectivity index (χ2v) is 10.2. The summed E-state index contributed by atoms with van der Waals surface area (Å²) in [6.07, 6.45) is 5.41. The summed E-state index contributed by atoms with van der Waals surface area (Å²) in [5.41, 5.74) is 0. The van der Waals surface area contributed by atoms with Gasteiger partial charge in [-0.2, -0.15) is 22.0 Å². The summed E-state index contributed by atoms with van der Waals surface area (Å²) in [4.78, 5) is 18.6. The zero-order valence-electron chi connectivity index (χ0n) is 17.5. The largest absolute Gasteiger partial charge is 0.379 e. The first-order chi connectivity index (χ1) is 14.4. The predicted molar refractivity (Wildman–Crippen MR) is 108 cm³/mol.